The van der Waals surface area contributed by atoms with Crippen LogP contribution in [-0.4, -0.2) is 28.1 Å². The Hall–Kier alpha value is -3.33. The molecule has 3 rings (SSSR count). The van der Waals surface area contributed by atoms with Crippen molar-refractivity contribution in [3.8, 4) is 11.4 Å². The smallest absolute Gasteiger partial charge is 0.281 e. The molecular weight excluding hydrogens is 359 g/mol. The van der Waals surface area contributed by atoms with Crippen LogP contribution in [0.3, 0.4) is 0 Å². The number of carbonyl (C=O) groups is 2. The number of carbonyl (C=O) groups excluding carboxylic acids is 2. The highest BCUT2D eigenvalue weighted by Crippen LogP contribution is 2.15. The van der Waals surface area contributed by atoms with E-state index in [1.807, 2.05) is 0 Å². The van der Waals surface area contributed by atoms with Crippen LogP contribution in [0.15, 0.2) is 53.5 Å². The van der Waals surface area contributed by atoms with Crippen LogP contribution < -0.4 is 15.1 Å². The predicted octanol–water partition coefficient (Wildman–Crippen LogP) is 1.92. The minimum absolute atomic E-state index is 0.00145. The van der Waals surface area contributed by atoms with Crippen molar-refractivity contribution in [1.82, 2.24) is 9.17 Å². The van der Waals surface area contributed by atoms with Crippen LogP contribution in [0.5, 0.6) is 5.75 Å². The molecule has 0 aliphatic carbocycles. The van der Waals surface area contributed by atoms with Crippen molar-refractivity contribution in [3.05, 3.63) is 70.3 Å². The normalized spacial score (nSPS) is 11.4. The second kappa shape index (κ2) is 7.28. The Morgan fingerprint density at radius 3 is 2.50 bits per heavy atom. The molecule has 1 aromatic heterocycles. The third-order valence-corrected chi connectivity index (χ3v) is 4.32. The summed E-state index contributed by atoms with van der Waals surface area (Å²) in [4.78, 5) is 27.7. The fourth-order valence-corrected chi connectivity index (χ4v) is 2.98. The standard InChI is InChI=1S/C17H13FN4O3S/c1-25-11-8-6-10(7-9-11)22-21-14(15(19)23)17(26-22)20-16(24)12-4-2-3-5-13(12)18/h2-9H,1H3,(H2,19,23). The van der Waals surface area contributed by atoms with Crippen LogP contribution >= 0.6 is 11.5 Å². The first-order valence-corrected chi connectivity index (χ1v) is 8.15. The predicted molar refractivity (Wildman–Crippen MR) is 92.8 cm³/mol. The number of nitrogens with two attached hydrogens (primary N) is 1. The third-order valence-electron chi connectivity index (χ3n) is 3.40. The zero-order valence-electron chi connectivity index (χ0n) is 13.5. The molecule has 0 unspecified atom stereocenters. The number of halogens is 1. The molecule has 0 saturated carbocycles. The van der Waals surface area contributed by atoms with Crippen LogP contribution in [0.25, 0.3) is 5.69 Å². The van der Waals surface area contributed by atoms with Crippen LogP contribution in [0.1, 0.15) is 20.8 Å². The first-order valence-electron chi connectivity index (χ1n) is 7.38. The Morgan fingerprint density at radius 2 is 1.88 bits per heavy atom. The lowest BCUT2D eigenvalue weighted by Gasteiger charge is -2.01. The molecule has 0 atom stereocenters. The molecule has 0 fully saturated rings. The van der Waals surface area contributed by atoms with E-state index in [0.29, 0.717) is 11.4 Å². The quantitative estimate of drug-likeness (QED) is 0.756. The second-order valence-corrected chi connectivity index (χ2v) is 5.99. The van der Waals surface area contributed by atoms with Crippen molar-refractivity contribution in [2.24, 2.45) is 10.7 Å². The highest BCUT2D eigenvalue weighted by Gasteiger charge is 2.16. The van der Waals surface area contributed by atoms with Gasteiger partial charge in [-0.25, -0.2) is 4.39 Å². The highest BCUT2D eigenvalue weighted by atomic mass is 32.1. The first-order chi connectivity index (χ1) is 12.5. The summed E-state index contributed by atoms with van der Waals surface area (Å²) in [5.41, 5.74) is 5.57. The molecule has 2 amide bonds. The minimum atomic E-state index is -0.839. The van der Waals surface area contributed by atoms with Gasteiger partial charge in [-0.15, -0.1) is 5.10 Å². The number of primary amides is 1. The van der Waals surface area contributed by atoms with Crippen molar-refractivity contribution < 1.29 is 18.7 Å². The largest absolute Gasteiger partial charge is 0.497 e. The van der Waals surface area contributed by atoms with Crippen LogP contribution in [0, 0.1) is 5.82 Å². The van der Waals surface area contributed by atoms with Gasteiger partial charge in [0.05, 0.1) is 18.4 Å². The summed E-state index contributed by atoms with van der Waals surface area (Å²) >= 11 is 0.937. The Labute approximate surface area is 151 Å². The molecule has 0 radical (unpaired) electrons. The molecule has 0 spiro atoms. The fourth-order valence-electron chi connectivity index (χ4n) is 2.11. The highest BCUT2D eigenvalue weighted by molar-refractivity contribution is 7.04. The summed E-state index contributed by atoms with van der Waals surface area (Å²) in [6.45, 7) is 0. The number of nitrogens with zero attached hydrogens (tertiary/aromatic N) is 3. The van der Waals surface area contributed by atoms with Gasteiger partial charge < -0.3 is 10.5 Å². The summed E-state index contributed by atoms with van der Waals surface area (Å²) < 4.78 is 20.2. The number of benzene rings is 2. The molecule has 2 aromatic carbocycles. The van der Waals surface area contributed by atoms with Gasteiger partial charge in [-0.05, 0) is 47.9 Å². The lowest BCUT2D eigenvalue weighted by molar-refractivity contribution is 0.0993. The Kier molecular flexibility index (Phi) is 4.90. The molecule has 0 aliphatic heterocycles. The molecule has 0 aliphatic rings. The molecule has 26 heavy (non-hydrogen) atoms. The van der Waals surface area contributed by atoms with Gasteiger partial charge in [0, 0.05) is 0 Å². The number of aromatic nitrogens is 2. The number of hydrogen-bond acceptors (Lipinski definition) is 5. The second-order valence-electron chi connectivity index (χ2n) is 5.08. The van der Waals surface area contributed by atoms with E-state index in [1.165, 1.54) is 22.3 Å². The SMILES string of the molecule is COc1ccc(-n2nc(C(N)=O)c(=NC(=O)c3ccccc3F)s2)cc1. The summed E-state index contributed by atoms with van der Waals surface area (Å²) in [6, 6.07) is 12.3. The molecule has 7 nitrogen and oxygen atoms in total. The molecule has 1 heterocycles. The third kappa shape index (κ3) is 3.52. The molecule has 0 saturated heterocycles. The number of amides is 2. The minimum Gasteiger partial charge on any atom is -0.497 e. The van der Waals surface area contributed by atoms with Gasteiger partial charge in [0.25, 0.3) is 11.8 Å². The van der Waals surface area contributed by atoms with Gasteiger partial charge in [0.2, 0.25) is 0 Å². The zero-order valence-corrected chi connectivity index (χ0v) is 14.4. The van der Waals surface area contributed by atoms with Gasteiger partial charge in [0.1, 0.15) is 11.6 Å². The number of ether oxygens (including phenoxy) is 1. The van der Waals surface area contributed by atoms with Crippen LogP contribution in [0.4, 0.5) is 4.39 Å². The van der Waals surface area contributed by atoms with Crippen molar-refractivity contribution in [2.75, 3.05) is 7.11 Å². The first kappa shape index (κ1) is 17.5. The molecular formula is C17H13FN4O3S. The van der Waals surface area contributed by atoms with E-state index in [9.17, 15) is 14.0 Å². The zero-order chi connectivity index (χ0) is 18.7. The van der Waals surface area contributed by atoms with E-state index in [-0.39, 0.29) is 15.9 Å². The monoisotopic (exact) mass is 372 g/mol. The van der Waals surface area contributed by atoms with Crippen LogP contribution in [-0.2, 0) is 0 Å². The van der Waals surface area contributed by atoms with Crippen molar-refractivity contribution in [1.29, 1.82) is 0 Å². The van der Waals surface area contributed by atoms with E-state index in [0.717, 1.165) is 17.6 Å². The summed E-state index contributed by atoms with van der Waals surface area (Å²) in [5.74, 6) is -1.71. The molecule has 132 valence electrons. The van der Waals surface area contributed by atoms with Crippen molar-refractivity contribution in [3.63, 3.8) is 0 Å². The lowest BCUT2D eigenvalue weighted by Crippen LogP contribution is -2.21. The average molecular weight is 372 g/mol. The molecule has 0 bridgehead atoms. The molecule has 3 aromatic rings. The fraction of sp³-hybridized carbons (Fsp3) is 0.0588. The van der Waals surface area contributed by atoms with E-state index >= 15 is 0 Å². The van der Waals surface area contributed by atoms with Gasteiger partial charge >= 0.3 is 0 Å². The van der Waals surface area contributed by atoms with Crippen molar-refractivity contribution in [2.45, 2.75) is 0 Å². The maximum Gasteiger partial charge on any atom is 0.281 e. The van der Waals surface area contributed by atoms with E-state index in [4.69, 9.17) is 10.5 Å². The topological polar surface area (TPSA) is 99.6 Å². The maximum absolute atomic E-state index is 13.7. The van der Waals surface area contributed by atoms with Gasteiger partial charge in [0.15, 0.2) is 10.4 Å². The number of methoxy groups -OCH3 is 1. The Bertz CT molecular complexity index is 1040. The average Bonchev–Trinajstić information content (AvgIpc) is 3.06. The Morgan fingerprint density at radius 1 is 1.19 bits per heavy atom. The molecule has 2 N–H and O–H groups in total. The molecule has 9 heteroatoms. The van der Waals surface area contributed by atoms with Crippen LogP contribution in [0.2, 0.25) is 0 Å². The van der Waals surface area contributed by atoms with E-state index in [2.05, 4.69) is 10.1 Å². The Balaban J connectivity index is 2.06. The van der Waals surface area contributed by atoms with Crippen molar-refractivity contribution >= 4 is 23.3 Å². The van der Waals surface area contributed by atoms with Gasteiger partial charge in [-0.3, -0.25) is 9.59 Å². The van der Waals surface area contributed by atoms with Gasteiger partial charge in [-0.2, -0.15) is 9.06 Å². The number of rotatable bonds is 4. The van der Waals surface area contributed by atoms with E-state index < -0.39 is 17.6 Å². The van der Waals surface area contributed by atoms with E-state index in [1.54, 1.807) is 31.4 Å². The summed E-state index contributed by atoms with van der Waals surface area (Å²) in [6.07, 6.45) is 0. The lowest BCUT2D eigenvalue weighted by atomic mass is 10.2. The van der Waals surface area contributed by atoms with Gasteiger partial charge in [-0.1, -0.05) is 12.1 Å². The maximum atomic E-state index is 13.7. The number of hydrogen-bond donors (Lipinski definition) is 1. The summed E-state index contributed by atoms with van der Waals surface area (Å²) in [7, 11) is 1.54. The summed E-state index contributed by atoms with van der Waals surface area (Å²) in [5, 5.41) is 4.08.